The molecule has 0 bridgehead atoms. The highest BCUT2D eigenvalue weighted by molar-refractivity contribution is 5.80. The molecule has 0 amide bonds. The maximum atomic E-state index is 6.18. The van der Waals surface area contributed by atoms with Crippen LogP contribution in [-0.4, -0.2) is 75.2 Å². The Kier molecular flexibility index (Phi) is 10.7. The third-order valence-corrected chi connectivity index (χ3v) is 6.85. The van der Waals surface area contributed by atoms with E-state index in [0.29, 0.717) is 18.3 Å². The van der Waals surface area contributed by atoms with Gasteiger partial charge in [-0.3, -0.25) is 4.99 Å². The minimum Gasteiger partial charge on any atom is -0.378 e. The van der Waals surface area contributed by atoms with Crippen molar-refractivity contribution < 1.29 is 14.2 Å². The summed E-state index contributed by atoms with van der Waals surface area (Å²) in [6.07, 6.45) is 13.2. The highest BCUT2D eigenvalue weighted by Crippen LogP contribution is 2.30. The number of hydrogen-bond acceptors (Lipinski definition) is 4. The van der Waals surface area contributed by atoms with Gasteiger partial charge in [-0.1, -0.05) is 12.8 Å². The van der Waals surface area contributed by atoms with Crippen molar-refractivity contribution in [3.05, 3.63) is 0 Å². The summed E-state index contributed by atoms with van der Waals surface area (Å²) in [5, 5.41) is 3.50. The van der Waals surface area contributed by atoms with E-state index >= 15 is 0 Å². The number of aliphatic imine (C=N–C) groups is 1. The maximum absolute atomic E-state index is 6.18. The van der Waals surface area contributed by atoms with E-state index in [-0.39, 0.29) is 0 Å². The lowest BCUT2D eigenvalue weighted by Crippen LogP contribution is -2.47. The minimum atomic E-state index is 0.314. The van der Waals surface area contributed by atoms with Crippen molar-refractivity contribution in [3.63, 3.8) is 0 Å². The highest BCUT2D eigenvalue weighted by Gasteiger charge is 2.26. The van der Waals surface area contributed by atoms with Crippen LogP contribution >= 0.6 is 0 Å². The molecule has 1 N–H and O–H groups in total. The number of nitrogens with one attached hydrogen (secondary N) is 1. The molecule has 6 nitrogen and oxygen atoms in total. The largest absolute Gasteiger partial charge is 0.378 e. The van der Waals surface area contributed by atoms with Crippen molar-refractivity contribution >= 4 is 5.96 Å². The molecule has 1 aliphatic carbocycles. The van der Waals surface area contributed by atoms with Crippen LogP contribution in [0.4, 0.5) is 0 Å². The van der Waals surface area contributed by atoms with Crippen LogP contribution < -0.4 is 5.32 Å². The van der Waals surface area contributed by atoms with E-state index in [1.54, 1.807) is 0 Å². The summed E-state index contributed by atoms with van der Waals surface area (Å²) in [6.45, 7) is 10.5. The van der Waals surface area contributed by atoms with Gasteiger partial charge in [0.15, 0.2) is 5.96 Å². The molecule has 3 aliphatic rings. The van der Waals surface area contributed by atoms with Gasteiger partial charge in [-0.05, 0) is 71.1 Å². The van der Waals surface area contributed by atoms with Crippen molar-refractivity contribution in [2.75, 3.05) is 46.0 Å². The van der Waals surface area contributed by atoms with Crippen LogP contribution in [0.3, 0.4) is 0 Å². The molecule has 174 valence electrons. The average molecular weight is 424 g/mol. The minimum absolute atomic E-state index is 0.314. The maximum Gasteiger partial charge on any atom is 0.193 e. The summed E-state index contributed by atoms with van der Waals surface area (Å²) in [4.78, 5) is 7.37. The van der Waals surface area contributed by atoms with E-state index in [1.165, 1.54) is 38.5 Å². The Morgan fingerprint density at radius 2 is 1.83 bits per heavy atom. The van der Waals surface area contributed by atoms with Gasteiger partial charge in [0.25, 0.3) is 0 Å². The molecule has 2 saturated heterocycles. The molecule has 0 spiro atoms. The van der Waals surface area contributed by atoms with Crippen LogP contribution in [0.25, 0.3) is 0 Å². The molecule has 3 rings (SSSR count). The predicted octanol–water partition coefficient (Wildman–Crippen LogP) is 3.99. The Morgan fingerprint density at radius 1 is 1.07 bits per heavy atom. The van der Waals surface area contributed by atoms with Crippen LogP contribution in [0.2, 0.25) is 0 Å². The molecule has 0 radical (unpaired) electrons. The van der Waals surface area contributed by atoms with Gasteiger partial charge in [0.05, 0.1) is 24.9 Å². The van der Waals surface area contributed by atoms with Gasteiger partial charge in [-0.2, -0.15) is 0 Å². The number of likely N-dealkylation sites (tertiary alicyclic amines) is 1. The van der Waals surface area contributed by atoms with Gasteiger partial charge >= 0.3 is 0 Å². The summed E-state index contributed by atoms with van der Waals surface area (Å²) in [7, 11) is 0. The summed E-state index contributed by atoms with van der Waals surface area (Å²) in [6, 6.07) is 0. The zero-order valence-electron chi connectivity index (χ0n) is 19.4. The monoisotopic (exact) mass is 423 g/mol. The number of ether oxygens (including phenoxy) is 3. The number of nitrogens with zero attached hydrogens (tertiary/aromatic N) is 2. The lowest BCUT2D eigenvalue weighted by molar-refractivity contribution is -0.0721. The summed E-state index contributed by atoms with van der Waals surface area (Å²) in [5.74, 6) is 1.80. The topological polar surface area (TPSA) is 55.3 Å². The Morgan fingerprint density at radius 3 is 2.50 bits per heavy atom. The van der Waals surface area contributed by atoms with E-state index in [2.05, 4.69) is 24.1 Å². The molecule has 0 aromatic carbocycles. The first-order chi connectivity index (χ1) is 14.8. The van der Waals surface area contributed by atoms with Crippen LogP contribution in [0.15, 0.2) is 4.99 Å². The molecule has 6 heteroatoms. The third-order valence-electron chi connectivity index (χ3n) is 6.85. The normalized spacial score (nSPS) is 25.6. The fraction of sp³-hybridized carbons (Fsp3) is 0.958. The fourth-order valence-corrected chi connectivity index (χ4v) is 5.14. The Labute approximate surface area is 184 Å². The summed E-state index contributed by atoms with van der Waals surface area (Å²) in [5.41, 5.74) is 0. The molecular weight excluding hydrogens is 378 g/mol. The van der Waals surface area contributed by atoms with E-state index in [9.17, 15) is 0 Å². The first-order valence-corrected chi connectivity index (χ1v) is 12.7. The van der Waals surface area contributed by atoms with Gasteiger partial charge in [0.2, 0.25) is 0 Å². The van der Waals surface area contributed by atoms with Gasteiger partial charge in [-0.15, -0.1) is 0 Å². The first-order valence-electron chi connectivity index (χ1n) is 12.7. The Balaban J connectivity index is 1.41. The standard InChI is InChI=1S/C24H45N3O3/c1-3-25-24(26-15-12-23(28-4-2)20-9-5-6-10-20)27-16-13-21(14-17-27)30-19-22-11-7-8-18-29-22/h20-23H,3-19H2,1-2H3,(H,25,26). The third kappa shape index (κ3) is 7.69. The molecule has 2 heterocycles. The van der Waals surface area contributed by atoms with Crippen molar-refractivity contribution in [1.82, 2.24) is 10.2 Å². The molecule has 1 saturated carbocycles. The first kappa shape index (κ1) is 23.8. The Hall–Kier alpha value is -0.850. The van der Waals surface area contributed by atoms with Crippen LogP contribution in [0, 0.1) is 5.92 Å². The fourth-order valence-electron chi connectivity index (χ4n) is 5.14. The van der Waals surface area contributed by atoms with Crippen molar-refractivity contribution in [2.45, 2.75) is 96.4 Å². The number of guanidine groups is 1. The SMILES string of the molecule is CCNC(=NCCC(OCC)C1CCCC1)N1CCC(OCC2CCCCO2)CC1. The van der Waals surface area contributed by atoms with Crippen LogP contribution in [-0.2, 0) is 14.2 Å². The summed E-state index contributed by atoms with van der Waals surface area (Å²) >= 11 is 0. The summed E-state index contributed by atoms with van der Waals surface area (Å²) < 4.78 is 18.1. The van der Waals surface area contributed by atoms with Gasteiger partial charge in [0.1, 0.15) is 0 Å². The number of hydrogen-bond donors (Lipinski definition) is 1. The molecular formula is C24H45N3O3. The van der Waals surface area contributed by atoms with Crippen molar-refractivity contribution in [2.24, 2.45) is 10.9 Å². The average Bonchev–Trinajstić information content (AvgIpc) is 3.32. The lowest BCUT2D eigenvalue weighted by atomic mass is 9.98. The second-order valence-electron chi connectivity index (χ2n) is 9.07. The predicted molar refractivity (Wildman–Crippen MR) is 122 cm³/mol. The second-order valence-corrected chi connectivity index (χ2v) is 9.07. The highest BCUT2D eigenvalue weighted by atomic mass is 16.5. The molecule has 2 aliphatic heterocycles. The van der Waals surface area contributed by atoms with Gasteiger partial charge < -0.3 is 24.4 Å². The van der Waals surface area contributed by atoms with Crippen LogP contribution in [0.5, 0.6) is 0 Å². The van der Waals surface area contributed by atoms with Crippen molar-refractivity contribution in [1.29, 1.82) is 0 Å². The van der Waals surface area contributed by atoms with E-state index in [1.807, 2.05) is 0 Å². The van der Waals surface area contributed by atoms with Crippen LogP contribution in [0.1, 0.15) is 78.1 Å². The van der Waals surface area contributed by atoms with E-state index in [0.717, 1.165) is 83.6 Å². The molecule has 0 aromatic rings. The molecule has 2 unspecified atom stereocenters. The van der Waals surface area contributed by atoms with Gasteiger partial charge in [0, 0.05) is 39.4 Å². The second kappa shape index (κ2) is 13.5. The van der Waals surface area contributed by atoms with E-state index in [4.69, 9.17) is 19.2 Å². The number of piperidine rings is 1. The van der Waals surface area contributed by atoms with E-state index < -0.39 is 0 Å². The quantitative estimate of drug-likeness (QED) is 0.425. The number of rotatable bonds is 10. The zero-order chi connectivity index (χ0) is 21.0. The Bertz CT molecular complexity index is 482. The molecule has 30 heavy (non-hydrogen) atoms. The molecule has 3 fully saturated rings. The molecule has 0 aromatic heterocycles. The molecule has 2 atom stereocenters. The lowest BCUT2D eigenvalue weighted by Gasteiger charge is -2.35. The van der Waals surface area contributed by atoms with Gasteiger partial charge in [-0.25, -0.2) is 0 Å². The smallest absolute Gasteiger partial charge is 0.193 e. The van der Waals surface area contributed by atoms with Crippen molar-refractivity contribution in [3.8, 4) is 0 Å². The zero-order valence-corrected chi connectivity index (χ0v) is 19.4.